The third kappa shape index (κ3) is 2.63. The van der Waals surface area contributed by atoms with E-state index in [4.69, 9.17) is 0 Å². The molecule has 2 N–H and O–H groups in total. The largest absolute Gasteiger partial charge is 0.328 e. The Morgan fingerprint density at radius 1 is 1.25 bits per heavy atom. The summed E-state index contributed by atoms with van der Waals surface area (Å²) >= 11 is 0. The van der Waals surface area contributed by atoms with E-state index >= 15 is 0 Å². The maximum atomic E-state index is 4.20. The second-order valence-corrected chi connectivity index (χ2v) is 3.99. The van der Waals surface area contributed by atoms with Crippen LogP contribution in [0, 0.1) is 6.92 Å². The van der Waals surface area contributed by atoms with Gasteiger partial charge in [-0.15, -0.1) is 0 Å². The third-order valence-corrected chi connectivity index (χ3v) is 2.46. The number of nitrogens with one attached hydrogen (secondary N) is 2. The molecule has 0 radical (unpaired) electrons. The van der Waals surface area contributed by atoms with Crippen LogP contribution in [-0.4, -0.2) is 9.97 Å². The van der Waals surface area contributed by atoms with Crippen molar-refractivity contribution in [3.05, 3.63) is 41.7 Å². The zero-order chi connectivity index (χ0) is 11.4. The normalized spacial score (nSPS) is 10.4. The van der Waals surface area contributed by atoms with Gasteiger partial charge < -0.3 is 10.3 Å². The zero-order valence-corrected chi connectivity index (χ0v) is 9.75. The molecule has 0 aliphatic carbocycles. The van der Waals surface area contributed by atoms with Crippen LogP contribution in [0.15, 0.2) is 30.5 Å². The van der Waals surface area contributed by atoms with Gasteiger partial charge in [-0.1, -0.05) is 25.5 Å². The molecule has 0 atom stereocenters. The minimum absolute atomic E-state index is 0.792. The Morgan fingerprint density at radius 2 is 2.00 bits per heavy atom. The number of aromatic nitrogens is 2. The number of rotatable bonds is 4. The Balaban J connectivity index is 2.05. The van der Waals surface area contributed by atoms with E-state index in [2.05, 4.69) is 46.5 Å². The van der Waals surface area contributed by atoms with Gasteiger partial charge in [0.2, 0.25) is 5.95 Å². The lowest BCUT2D eigenvalue weighted by molar-refractivity contribution is 0.922. The molecule has 84 valence electrons. The maximum Gasteiger partial charge on any atom is 0.204 e. The Kier molecular flexibility index (Phi) is 3.25. The summed E-state index contributed by atoms with van der Waals surface area (Å²) in [7, 11) is 0. The summed E-state index contributed by atoms with van der Waals surface area (Å²) in [4.78, 5) is 7.35. The molecule has 3 heteroatoms. The lowest BCUT2D eigenvalue weighted by Gasteiger charge is -2.04. The van der Waals surface area contributed by atoms with Gasteiger partial charge in [-0.2, -0.15) is 0 Å². The minimum Gasteiger partial charge on any atom is -0.328 e. The van der Waals surface area contributed by atoms with Gasteiger partial charge in [0.15, 0.2) is 0 Å². The molecule has 0 bridgehead atoms. The number of hydrogen-bond donors (Lipinski definition) is 2. The summed E-state index contributed by atoms with van der Waals surface area (Å²) in [6.45, 7) is 4.18. The number of hydrogen-bond acceptors (Lipinski definition) is 2. The number of anilines is 2. The molecular formula is C13H17N3. The predicted octanol–water partition coefficient (Wildman–Crippen LogP) is 3.41. The highest BCUT2D eigenvalue weighted by molar-refractivity contribution is 5.53. The molecule has 16 heavy (non-hydrogen) atoms. The van der Waals surface area contributed by atoms with Crippen molar-refractivity contribution in [1.29, 1.82) is 0 Å². The van der Waals surface area contributed by atoms with Crippen LogP contribution >= 0.6 is 0 Å². The van der Waals surface area contributed by atoms with E-state index < -0.39 is 0 Å². The summed E-state index contributed by atoms with van der Waals surface area (Å²) in [6.07, 6.45) is 4.14. The first-order valence-corrected chi connectivity index (χ1v) is 5.65. The standard InChI is InChI=1S/C13H17N3/c1-3-4-11-5-7-12(8-6-11)16-13-14-9-10(2)15-13/h5-9H,3-4H2,1-2H3,(H2,14,15,16). The zero-order valence-electron chi connectivity index (χ0n) is 9.75. The van der Waals surface area contributed by atoms with Crippen LogP contribution in [-0.2, 0) is 6.42 Å². The first kappa shape index (κ1) is 10.7. The van der Waals surface area contributed by atoms with Crippen LogP contribution < -0.4 is 5.32 Å². The van der Waals surface area contributed by atoms with E-state index in [1.807, 2.05) is 13.1 Å². The van der Waals surface area contributed by atoms with Gasteiger partial charge in [-0.25, -0.2) is 4.98 Å². The van der Waals surface area contributed by atoms with E-state index in [1.165, 1.54) is 12.0 Å². The number of imidazole rings is 1. The molecule has 2 rings (SSSR count). The summed E-state index contributed by atoms with van der Waals surface area (Å²) in [5.41, 5.74) is 3.50. The number of nitrogens with zero attached hydrogens (tertiary/aromatic N) is 1. The van der Waals surface area contributed by atoms with Crippen molar-refractivity contribution in [2.24, 2.45) is 0 Å². The lowest BCUT2D eigenvalue weighted by Crippen LogP contribution is -1.92. The molecular weight excluding hydrogens is 198 g/mol. The summed E-state index contributed by atoms with van der Waals surface area (Å²) in [6, 6.07) is 8.48. The SMILES string of the molecule is CCCc1ccc(Nc2ncc(C)[nH]2)cc1. The molecule has 0 saturated carbocycles. The average molecular weight is 215 g/mol. The molecule has 0 fully saturated rings. The number of H-pyrrole nitrogens is 1. The van der Waals surface area contributed by atoms with Gasteiger partial charge in [0.25, 0.3) is 0 Å². The van der Waals surface area contributed by atoms with Crippen LogP contribution in [0.3, 0.4) is 0 Å². The Labute approximate surface area is 95.9 Å². The summed E-state index contributed by atoms with van der Waals surface area (Å²) in [5, 5.41) is 3.23. The van der Waals surface area contributed by atoms with Crippen molar-refractivity contribution in [3.63, 3.8) is 0 Å². The summed E-state index contributed by atoms with van der Waals surface area (Å²) in [5.74, 6) is 0.792. The predicted molar refractivity (Wildman–Crippen MR) is 67.0 cm³/mol. The van der Waals surface area contributed by atoms with Crippen molar-refractivity contribution in [2.45, 2.75) is 26.7 Å². The van der Waals surface area contributed by atoms with Gasteiger partial charge in [-0.05, 0) is 31.0 Å². The number of aromatic amines is 1. The highest BCUT2D eigenvalue weighted by Gasteiger charge is 1.98. The number of aryl methyl sites for hydroxylation is 2. The van der Waals surface area contributed by atoms with Crippen LogP contribution in [0.2, 0.25) is 0 Å². The van der Waals surface area contributed by atoms with Crippen LogP contribution in [0.5, 0.6) is 0 Å². The minimum atomic E-state index is 0.792. The molecule has 0 saturated heterocycles. The molecule has 3 nitrogen and oxygen atoms in total. The first-order valence-electron chi connectivity index (χ1n) is 5.65. The van der Waals surface area contributed by atoms with Gasteiger partial charge in [0, 0.05) is 17.6 Å². The molecule has 0 spiro atoms. The second kappa shape index (κ2) is 4.84. The van der Waals surface area contributed by atoms with Gasteiger partial charge in [-0.3, -0.25) is 0 Å². The highest BCUT2D eigenvalue weighted by atomic mass is 15.1. The Bertz CT molecular complexity index is 442. The molecule has 2 aromatic rings. The fourth-order valence-corrected chi connectivity index (χ4v) is 1.66. The monoisotopic (exact) mass is 215 g/mol. The van der Waals surface area contributed by atoms with Gasteiger partial charge in [0.05, 0.1) is 0 Å². The number of benzene rings is 1. The van der Waals surface area contributed by atoms with Crippen LogP contribution in [0.25, 0.3) is 0 Å². The van der Waals surface area contributed by atoms with Crippen molar-refractivity contribution >= 4 is 11.6 Å². The van der Waals surface area contributed by atoms with Crippen molar-refractivity contribution in [1.82, 2.24) is 9.97 Å². The van der Waals surface area contributed by atoms with Crippen molar-refractivity contribution in [2.75, 3.05) is 5.32 Å². The van der Waals surface area contributed by atoms with E-state index in [9.17, 15) is 0 Å². The van der Waals surface area contributed by atoms with E-state index in [0.717, 1.165) is 23.8 Å². The molecule has 0 amide bonds. The van der Waals surface area contributed by atoms with Crippen molar-refractivity contribution < 1.29 is 0 Å². The quantitative estimate of drug-likeness (QED) is 0.820. The van der Waals surface area contributed by atoms with Gasteiger partial charge in [0.1, 0.15) is 0 Å². The fourth-order valence-electron chi connectivity index (χ4n) is 1.66. The molecule has 0 aliphatic heterocycles. The fraction of sp³-hybridized carbons (Fsp3) is 0.308. The molecule has 0 aliphatic rings. The lowest BCUT2D eigenvalue weighted by atomic mass is 10.1. The van der Waals surface area contributed by atoms with Crippen molar-refractivity contribution in [3.8, 4) is 0 Å². The third-order valence-electron chi connectivity index (χ3n) is 2.46. The van der Waals surface area contributed by atoms with Gasteiger partial charge >= 0.3 is 0 Å². The van der Waals surface area contributed by atoms with E-state index in [1.54, 1.807) is 0 Å². The highest BCUT2D eigenvalue weighted by Crippen LogP contribution is 2.15. The van der Waals surface area contributed by atoms with E-state index in [0.29, 0.717) is 0 Å². The topological polar surface area (TPSA) is 40.7 Å². The molecule has 1 aromatic heterocycles. The average Bonchev–Trinajstić information content (AvgIpc) is 2.67. The Morgan fingerprint density at radius 3 is 2.56 bits per heavy atom. The van der Waals surface area contributed by atoms with Crippen LogP contribution in [0.4, 0.5) is 11.6 Å². The molecule has 1 heterocycles. The smallest absolute Gasteiger partial charge is 0.204 e. The maximum absolute atomic E-state index is 4.20. The van der Waals surface area contributed by atoms with E-state index in [-0.39, 0.29) is 0 Å². The molecule has 0 unspecified atom stereocenters. The summed E-state index contributed by atoms with van der Waals surface area (Å²) < 4.78 is 0. The first-order chi connectivity index (χ1) is 7.78. The Hall–Kier alpha value is -1.77. The second-order valence-electron chi connectivity index (χ2n) is 3.99. The van der Waals surface area contributed by atoms with Crippen LogP contribution in [0.1, 0.15) is 24.6 Å². The molecule has 1 aromatic carbocycles.